The lowest BCUT2D eigenvalue weighted by Crippen LogP contribution is -2.41. The maximum Gasteiger partial charge on any atom is 0.324 e. The van der Waals surface area contributed by atoms with Crippen molar-refractivity contribution in [3.05, 3.63) is 70.9 Å². The molecule has 0 radical (unpaired) electrons. The number of nitrogens with one attached hydrogen (secondary N) is 2. The van der Waals surface area contributed by atoms with E-state index in [0.29, 0.717) is 53.8 Å². The average Bonchev–Trinajstić information content (AvgIpc) is 3.20. The summed E-state index contributed by atoms with van der Waals surface area (Å²) in [7, 11) is 1.80. The van der Waals surface area contributed by atoms with Gasteiger partial charge in [0.2, 0.25) is 0 Å². The lowest BCUT2D eigenvalue weighted by molar-refractivity contribution is 0.0596. The molecular weight excluding hydrogens is 478 g/mol. The van der Waals surface area contributed by atoms with Gasteiger partial charge in [-0.25, -0.2) is 4.79 Å². The fourth-order valence-corrected chi connectivity index (χ4v) is 4.27. The SMILES string of the molecule is Cn1nc(C(C)(C)C)cc1NC(=O)Nc1cccc(OC2CCN(C(=O)c3ccccc3Cl)CC2)c1. The van der Waals surface area contributed by atoms with Crippen molar-refractivity contribution >= 4 is 35.0 Å². The predicted octanol–water partition coefficient (Wildman–Crippen LogP) is 5.70. The summed E-state index contributed by atoms with van der Waals surface area (Å²) in [5, 5.41) is 10.6. The number of aromatic nitrogens is 2. The number of carbonyl (C=O) groups excluding carboxylic acids is 2. The summed E-state index contributed by atoms with van der Waals surface area (Å²) in [6, 6.07) is 15.9. The van der Waals surface area contributed by atoms with Crippen molar-refractivity contribution in [1.82, 2.24) is 14.7 Å². The van der Waals surface area contributed by atoms with Gasteiger partial charge in [-0.1, -0.05) is 50.6 Å². The maximum atomic E-state index is 12.8. The van der Waals surface area contributed by atoms with E-state index in [-0.39, 0.29) is 23.5 Å². The molecule has 1 fully saturated rings. The number of likely N-dealkylation sites (tertiary alicyclic amines) is 1. The molecule has 3 amide bonds. The third-order valence-electron chi connectivity index (χ3n) is 6.12. The van der Waals surface area contributed by atoms with Crippen LogP contribution >= 0.6 is 11.6 Å². The smallest absolute Gasteiger partial charge is 0.324 e. The molecule has 2 N–H and O–H groups in total. The summed E-state index contributed by atoms with van der Waals surface area (Å²) in [5.41, 5.74) is 1.93. The van der Waals surface area contributed by atoms with Crippen LogP contribution in [0.3, 0.4) is 0 Å². The van der Waals surface area contributed by atoms with Crippen LogP contribution in [0, 0.1) is 0 Å². The standard InChI is InChI=1S/C27H32ClN5O3/c1-27(2,3)23-17-24(32(4)31-23)30-26(35)29-18-8-7-9-20(16-18)36-19-12-14-33(15-13-19)25(34)21-10-5-6-11-22(21)28/h5-11,16-17,19H,12-15H2,1-4H3,(H2,29,30,35). The molecule has 4 rings (SSSR count). The Kier molecular flexibility index (Phi) is 7.54. The number of urea groups is 1. The van der Waals surface area contributed by atoms with E-state index in [4.69, 9.17) is 16.3 Å². The number of benzene rings is 2. The summed E-state index contributed by atoms with van der Waals surface area (Å²) < 4.78 is 7.82. The molecule has 0 atom stereocenters. The van der Waals surface area contributed by atoms with E-state index in [9.17, 15) is 9.59 Å². The molecule has 9 heteroatoms. The highest BCUT2D eigenvalue weighted by Gasteiger charge is 2.26. The molecule has 2 heterocycles. The summed E-state index contributed by atoms with van der Waals surface area (Å²) in [5.74, 6) is 1.22. The molecule has 1 saturated heterocycles. The number of amides is 3. The van der Waals surface area contributed by atoms with Crippen molar-refractivity contribution < 1.29 is 14.3 Å². The Morgan fingerprint density at radius 2 is 1.75 bits per heavy atom. The summed E-state index contributed by atoms with van der Waals surface area (Å²) in [6.07, 6.45) is 1.41. The minimum absolute atomic E-state index is 0.0189. The second kappa shape index (κ2) is 10.6. The van der Waals surface area contributed by atoms with Gasteiger partial charge in [-0.15, -0.1) is 0 Å². The van der Waals surface area contributed by atoms with Gasteiger partial charge in [0.1, 0.15) is 17.7 Å². The van der Waals surface area contributed by atoms with Gasteiger partial charge in [0.25, 0.3) is 5.91 Å². The fraction of sp³-hybridized carbons (Fsp3) is 0.370. The van der Waals surface area contributed by atoms with Crippen LogP contribution in [-0.2, 0) is 12.5 Å². The zero-order valence-corrected chi connectivity index (χ0v) is 21.8. The highest BCUT2D eigenvalue weighted by molar-refractivity contribution is 6.33. The first kappa shape index (κ1) is 25.6. The zero-order valence-electron chi connectivity index (χ0n) is 21.0. The van der Waals surface area contributed by atoms with Crippen LogP contribution in [0.25, 0.3) is 0 Å². The molecule has 0 aliphatic carbocycles. The molecule has 190 valence electrons. The van der Waals surface area contributed by atoms with Crippen LogP contribution in [0.15, 0.2) is 54.6 Å². The molecule has 1 aromatic heterocycles. The number of aryl methyl sites for hydroxylation is 1. The first-order valence-corrected chi connectivity index (χ1v) is 12.4. The number of nitrogens with zero attached hydrogens (tertiary/aromatic N) is 3. The molecule has 8 nitrogen and oxygen atoms in total. The fourth-order valence-electron chi connectivity index (χ4n) is 4.05. The highest BCUT2D eigenvalue weighted by atomic mass is 35.5. The second-order valence-electron chi connectivity index (χ2n) is 9.98. The van der Waals surface area contributed by atoms with E-state index in [1.54, 1.807) is 36.0 Å². The third-order valence-corrected chi connectivity index (χ3v) is 6.45. The monoisotopic (exact) mass is 509 g/mol. The van der Waals surface area contributed by atoms with Gasteiger partial charge in [-0.2, -0.15) is 5.10 Å². The first-order chi connectivity index (χ1) is 17.1. The first-order valence-electron chi connectivity index (χ1n) is 12.0. The number of ether oxygens (including phenoxy) is 1. The van der Waals surface area contributed by atoms with E-state index in [1.165, 1.54) is 0 Å². The Labute approximate surface area is 216 Å². The van der Waals surface area contributed by atoms with Gasteiger partial charge in [-0.3, -0.25) is 14.8 Å². The largest absolute Gasteiger partial charge is 0.490 e. The number of rotatable bonds is 5. The number of carbonyl (C=O) groups is 2. The van der Waals surface area contributed by atoms with Crippen LogP contribution < -0.4 is 15.4 Å². The van der Waals surface area contributed by atoms with Crippen molar-refractivity contribution in [2.45, 2.75) is 45.1 Å². The Morgan fingerprint density at radius 3 is 2.42 bits per heavy atom. The molecule has 1 aliphatic heterocycles. The number of anilines is 2. The van der Waals surface area contributed by atoms with Gasteiger partial charge in [0, 0.05) is 56.2 Å². The van der Waals surface area contributed by atoms with Crippen molar-refractivity contribution in [1.29, 1.82) is 0 Å². The van der Waals surface area contributed by atoms with E-state index in [0.717, 1.165) is 5.69 Å². The second-order valence-corrected chi connectivity index (χ2v) is 10.4. The van der Waals surface area contributed by atoms with Crippen molar-refractivity contribution in [3.8, 4) is 5.75 Å². The molecule has 36 heavy (non-hydrogen) atoms. The van der Waals surface area contributed by atoms with Crippen molar-refractivity contribution in [2.75, 3.05) is 23.7 Å². The molecule has 1 aliphatic rings. The molecule has 0 unspecified atom stereocenters. The average molecular weight is 510 g/mol. The Bertz CT molecular complexity index is 1240. The van der Waals surface area contributed by atoms with Gasteiger partial charge in [-0.05, 0) is 24.3 Å². The molecule has 0 bridgehead atoms. The molecular formula is C27H32ClN5O3. The molecule has 2 aromatic carbocycles. The van der Waals surface area contributed by atoms with E-state index in [2.05, 4.69) is 36.5 Å². The van der Waals surface area contributed by atoms with Gasteiger partial charge in [0.15, 0.2) is 0 Å². The zero-order chi connectivity index (χ0) is 25.9. The predicted molar refractivity (Wildman–Crippen MR) is 142 cm³/mol. The number of piperidine rings is 1. The maximum absolute atomic E-state index is 12.8. The molecule has 0 saturated carbocycles. The summed E-state index contributed by atoms with van der Waals surface area (Å²) in [6.45, 7) is 7.41. The minimum atomic E-state index is -0.359. The highest BCUT2D eigenvalue weighted by Crippen LogP contribution is 2.26. The normalized spacial score (nSPS) is 14.4. The topological polar surface area (TPSA) is 88.5 Å². The van der Waals surface area contributed by atoms with E-state index >= 15 is 0 Å². The Morgan fingerprint density at radius 1 is 1.03 bits per heavy atom. The Hall–Kier alpha value is -3.52. The van der Waals surface area contributed by atoms with Crippen LogP contribution in [0.2, 0.25) is 5.02 Å². The van der Waals surface area contributed by atoms with Gasteiger partial charge in [0.05, 0.1) is 16.3 Å². The van der Waals surface area contributed by atoms with Crippen molar-refractivity contribution in [3.63, 3.8) is 0 Å². The number of hydrogen-bond acceptors (Lipinski definition) is 4. The van der Waals surface area contributed by atoms with Gasteiger partial charge >= 0.3 is 6.03 Å². The van der Waals surface area contributed by atoms with Crippen molar-refractivity contribution in [2.24, 2.45) is 7.05 Å². The third kappa shape index (κ3) is 6.18. The summed E-state index contributed by atoms with van der Waals surface area (Å²) >= 11 is 6.19. The summed E-state index contributed by atoms with van der Waals surface area (Å²) in [4.78, 5) is 27.2. The molecule has 3 aromatic rings. The van der Waals surface area contributed by atoms with Crippen LogP contribution in [0.4, 0.5) is 16.3 Å². The van der Waals surface area contributed by atoms with Crippen LogP contribution in [-0.4, -0.2) is 45.8 Å². The van der Waals surface area contributed by atoms with Crippen LogP contribution in [0.5, 0.6) is 5.75 Å². The minimum Gasteiger partial charge on any atom is -0.490 e. The van der Waals surface area contributed by atoms with E-state index in [1.807, 2.05) is 35.2 Å². The van der Waals surface area contributed by atoms with Gasteiger partial charge < -0.3 is 15.0 Å². The number of hydrogen-bond donors (Lipinski definition) is 2. The number of halogens is 1. The van der Waals surface area contributed by atoms with E-state index < -0.39 is 0 Å². The molecule has 0 spiro atoms. The Balaban J connectivity index is 1.30. The quantitative estimate of drug-likeness (QED) is 0.462. The van der Waals surface area contributed by atoms with Crippen LogP contribution in [0.1, 0.15) is 49.7 Å². The lowest BCUT2D eigenvalue weighted by atomic mass is 9.92. The lowest BCUT2D eigenvalue weighted by Gasteiger charge is -2.32.